The first-order valence-electron chi connectivity index (χ1n) is 10.5. The number of carbonyl (C=O) groups excluding carboxylic acids is 1. The van der Waals surface area contributed by atoms with Gasteiger partial charge in [0.15, 0.2) is 0 Å². The van der Waals surface area contributed by atoms with Crippen LogP contribution in [-0.4, -0.2) is 60.5 Å². The zero-order chi connectivity index (χ0) is 24.7. The highest BCUT2D eigenvalue weighted by Gasteiger charge is 2.38. The lowest BCUT2D eigenvalue weighted by molar-refractivity contribution is -0.192. The smallest absolute Gasteiger partial charge is 0.475 e. The molecule has 0 saturated carbocycles. The Labute approximate surface area is 193 Å². The Kier molecular flexibility index (Phi) is 8.05. The largest absolute Gasteiger partial charge is 0.490 e. The molecular weight excluding hydrogens is 453 g/mol. The van der Waals surface area contributed by atoms with Crippen LogP contribution in [0.15, 0.2) is 55.2 Å². The van der Waals surface area contributed by atoms with E-state index in [2.05, 4.69) is 38.0 Å². The van der Waals surface area contributed by atoms with Gasteiger partial charge in [0.05, 0.1) is 24.3 Å². The molecule has 9 nitrogen and oxygen atoms in total. The highest BCUT2D eigenvalue weighted by molar-refractivity contribution is 5.94. The summed E-state index contributed by atoms with van der Waals surface area (Å²) in [5.41, 5.74) is 3.06. The lowest BCUT2D eigenvalue weighted by atomic mass is 10.1. The summed E-state index contributed by atoms with van der Waals surface area (Å²) in [6, 6.07) is 9.48. The maximum atomic E-state index is 12.4. The number of nitrogens with zero attached hydrogens (tertiary/aromatic N) is 5. The van der Waals surface area contributed by atoms with E-state index < -0.39 is 12.1 Å². The average Bonchev–Trinajstić information content (AvgIpc) is 3.47. The van der Waals surface area contributed by atoms with Crippen molar-refractivity contribution in [3.8, 4) is 0 Å². The molecule has 3 aromatic rings. The number of amides is 1. The maximum Gasteiger partial charge on any atom is 0.490 e. The van der Waals surface area contributed by atoms with Crippen molar-refractivity contribution in [1.82, 2.24) is 29.5 Å². The van der Waals surface area contributed by atoms with Crippen LogP contribution >= 0.6 is 0 Å². The van der Waals surface area contributed by atoms with Crippen LogP contribution in [0.5, 0.6) is 0 Å². The standard InChI is InChI=1S/C20H24N6O.C2HF3O2/c1-2-25-12-16(8-23-25)11-24-13-18-9-21-15-26(18)19(14-24)10-22-20(27)17-6-4-3-5-7-17;3-2(4,5)1(6)7/h3-9,12,15,19H,2,10-11,13-14H2,1H3,(H,22,27);(H,6,7). The van der Waals surface area contributed by atoms with E-state index in [0.717, 1.165) is 26.2 Å². The summed E-state index contributed by atoms with van der Waals surface area (Å²) in [6.07, 6.45) is 2.72. The van der Waals surface area contributed by atoms with Crippen LogP contribution in [0.2, 0.25) is 0 Å². The van der Waals surface area contributed by atoms with Gasteiger partial charge in [-0.1, -0.05) is 18.2 Å². The molecule has 1 atom stereocenters. The molecule has 182 valence electrons. The number of imidazole rings is 1. The summed E-state index contributed by atoms with van der Waals surface area (Å²) >= 11 is 0. The summed E-state index contributed by atoms with van der Waals surface area (Å²) < 4.78 is 35.9. The number of aryl methyl sites for hydroxylation is 1. The first kappa shape index (κ1) is 25.0. The molecule has 2 aromatic heterocycles. The summed E-state index contributed by atoms with van der Waals surface area (Å²) in [6.45, 7) is 6.08. The molecule has 0 spiro atoms. The third-order valence-electron chi connectivity index (χ3n) is 5.19. The monoisotopic (exact) mass is 478 g/mol. The second-order valence-electron chi connectivity index (χ2n) is 7.70. The molecular formula is C22H25F3N6O3. The lowest BCUT2D eigenvalue weighted by Crippen LogP contribution is -2.42. The van der Waals surface area contributed by atoms with Crippen LogP contribution in [0.4, 0.5) is 13.2 Å². The van der Waals surface area contributed by atoms with Gasteiger partial charge in [0.1, 0.15) is 0 Å². The number of halogens is 3. The fraction of sp³-hybridized carbons (Fsp3) is 0.364. The second kappa shape index (κ2) is 11.0. The predicted octanol–water partition coefficient (Wildman–Crippen LogP) is 2.72. The number of aliphatic carboxylic acids is 1. The Morgan fingerprint density at radius 1 is 1.21 bits per heavy atom. The van der Waals surface area contributed by atoms with Gasteiger partial charge in [0.2, 0.25) is 0 Å². The number of carboxylic acids is 1. The molecule has 0 fully saturated rings. The number of hydrogen-bond acceptors (Lipinski definition) is 5. The zero-order valence-electron chi connectivity index (χ0n) is 18.4. The van der Waals surface area contributed by atoms with Gasteiger partial charge >= 0.3 is 12.1 Å². The van der Waals surface area contributed by atoms with Crippen LogP contribution in [0.1, 0.15) is 34.6 Å². The Bertz CT molecular complexity index is 1100. The molecule has 12 heteroatoms. The second-order valence-corrected chi connectivity index (χ2v) is 7.70. The minimum Gasteiger partial charge on any atom is -0.475 e. The number of aromatic nitrogens is 4. The van der Waals surface area contributed by atoms with Gasteiger partial charge in [0.25, 0.3) is 5.91 Å². The van der Waals surface area contributed by atoms with Gasteiger partial charge in [0, 0.05) is 56.2 Å². The van der Waals surface area contributed by atoms with Gasteiger partial charge < -0.3 is 15.0 Å². The van der Waals surface area contributed by atoms with E-state index in [9.17, 15) is 18.0 Å². The number of alkyl halides is 3. The van der Waals surface area contributed by atoms with Gasteiger partial charge in [-0.3, -0.25) is 14.4 Å². The van der Waals surface area contributed by atoms with Crippen LogP contribution in [0.3, 0.4) is 0 Å². The summed E-state index contributed by atoms with van der Waals surface area (Å²) in [5, 5.41) is 14.6. The Hall–Kier alpha value is -3.67. The topological polar surface area (TPSA) is 105 Å². The van der Waals surface area contributed by atoms with Gasteiger partial charge in [-0.2, -0.15) is 18.3 Å². The molecule has 0 radical (unpaired) electrons. The molecule has 3 heterocycles. The lowest BCUT2D eigenvalue weighted by Gasteiger charge is -2.34. The Morgan fingerprint density at radius 2 is 1.91 bits per heavy atom. The zero-order valence-corrected chi connectivity index (χ0v) is 18.4. The van der Waals surface area contributed by atoms with Crippen molar-refractivity contribution in [3.63, 3.8) is 0 Å². The number of carbonyl (C=O) groups is 2. The van der Waals surface area contributed by atoms with Crippen LogP contribution < -0.4 is 5.32 Å². The van der Waals surface area contributed by atoms with E-state index in [0.29, 0.717) is 12.1 Å². The number of carboxylic acid groups (broad SMARTS) is 1. The van der Waals surface area contributed by atoms with Crippen LogP contribution in [0, 0.1) is 0 Å². The van der Waals surface area contributed by atoms with E-state index in [1.165, 1.54) is 11.3 Å². The van der Waals surface area contributed by atoms with Crippen molar-refractivity contribution in [2.45, 2.75) is 38.8 Å². The predicted molar refractivity (Wildman–Crippen MR) is 116 cm³/mol. The number of rotatable bonds is 6. The fourth-order valence-corrected chi connectivity index (χ4v) is 3.57. The highest BCUT2D eigenvalue weighted by atomic mass is 19.4. The van der Waals surface area contributed by atoms with Crippen molar-refractivity contribution in [2.24, 2.45) is 0 Å². The van der Waals surface area contributed by atoms with Crippen LogP contribution in [0.25, 0.3) is 0 Å². The Morgan fingerprint density at radius 3 is 2.53 bits per heavy atom. The molecule has 4 rings (SSSR count). The molecule has 1 amide bonds. The minimum atomic E-state index is -5.08. The third kappa shape index (κ3) is 6.67. The first-order valence-corrected chi connectivity index (χ1v) is 10.5. The van der Waals surface area contributed by atoms with E-state index in [4.69, 9.17) is 9.90 Å². The van der Waals surface area contributed by atoms with Crippen molar-refractivity contribution in [2.75, 3.05) is 13.1 Å². The van der Waals surface area contributed by atoms with Gasteiger partial charge in [-0.05, 0) is 19.1 Å². The molecule has 1 aromatic carbocycles. The molecule has 0 saturated heterocycles. The molecule has 0 aliphatic carbocycles. The average molecular weight is 478 g/mol. The summed E-state index contributed by atoms with van der Waals surface area (Å²) in [7, 11) is 0. The van der Waals surface area contributed by atoms with Crippen LogP contribution in [-0.2, 0) is 24.4 Å². The maximum absolute atomic E-state index is 12.4. The van der Waals surface area contributed by atoms with E-state index in [1.807, 2.05) is 53.7 Å². The van der Waals surface area contributed by atoms with Gasteiger partial charge in [-0.15, -0.1) is 0 Å². The molecule has 1 aliphatic rings. The van der Waals surface area contributed by atoms with E-state index in [-0.39, 0.29) is 11.9 Å². The van der Waals surface area contributed by atoms with Crippen molar-refractivity contribution in [1.29, 1.82) is 0 Å². The number of hydrogen-bond donors (Lipinski definition) is 2. The molecule has 1 unspecified atom stereocenters. The number of benzene rings is 1. The fourth-order valence-electron chi connectivity index (χ4n) is 3.57. The van der Waals surface area contributed by atoms with Crippen molar-refractivity contribution in [3.05, 3.63) is 72.1 Å². The molecule has 34 heavy (non-hydrogen) atoms. The quantitative estimate of drug-likeness (QED) is 0.565. The Balaban J connectivity index is 0.000000406. The van der Waals surface area contributed by atoms with Crippen molar-refractivity contribution >= 4 is 11.9 Å². The summed E-state index contributed by atoms with van der Waals surface area (Å²) in [5.74, 6) is -2.80. The molecule has 2 N–H and O–H groups in total. The molecule has 1 aliphatic heterocycles. The number of fused-ring (bicyclic) bond motifs is 1. The summed E-state index contributed by atoms with van der Waals surface area (Å²) in [4.78, 5) is 28.0. The highest BCUT2D eigenvalue weighted by Crippen LogP contribution is 2.22. The molecule has 0 bridgehead atoms. The van der Waals surface area contributed by atoms with E-state index >= 15 is 0 Å². The first-order chi connectivity index (χ1) is 16.2. The van der Waals surface area contributed by atoms with Gasteiger partial charge in [-0.25, -0.2) is 9.78 Å². The van der Waals surface area contributed by atoms with Crippen molar-refractivity contribution < 1.29 is 27.9 Å². The minimum absolute atomic E-state index is 0.0430. The SMILES string of the molecule is CCn1cc(CN2Cc3cncn3C(CNC(=O)c3ccccc3)C2)cn1.O=C(O)C(F)(F)F. The van der Waals surface area contributed by atoms with E-state index in [1.54, 1.807) is 0 Å². The normalized spacial score (nSPS) is 15.7. The third-order valence-corrected chi connectivity index (χ3v) is 5.19. The number of nitrogens with one attached hydrogen (secondary N) is 1.